The Morgan fingerprint density at radius 1 is 1.07 bits per heavy atom. The van der Waals surface area contributed by atoms with Crippen LogP contribution >= 0.6 is 11.6 Å². The molecule has 140 valence electrons. The van der Waals surface area contributed by atoms with E-state index in [2.05, 4.69) is 5.32 Å². The van der Waals surface area contributed by atoms with Crippen LogP contribution < -0.4 is 5.32 Å². The average Bonchev–Trinajstić information content (AvgIpc) is 2.88. The molecule has 1 spiro atoms. The van der Waals surface area contributed by atoms with E-state index < -0.39 is 5.54 Å². The number of carbonyl (C=O) groups is 1. The van der Waals surface area contributed by atoms with Crippen LogP contribution in [0.15, 0.2) is 42.2 Å². The third-order valence-electron chi connectivity index (χ3n) is 5.69. The van der Waals surface area contributed by atoms with Gasteiger partial charge in [0, 0.05) is 31.1 Å². The monoisotopic (exact) mass is 383 g/mol. The number of amides is 1. The third kappa shape index (κ3) is 2.93. The molecule has 4 nitrogen and oxygen atoms in total. The van der Waals surface area contributed by atoms with Crippen LogP contribution in [0.5, 0.6) is 0 Å². The molecule has 2 aromatic carbocycles. The van der Waals surface area contributed by atoms with Crippen molar-refractivity contribution in [2.24, 2.45) is 0 Å². The van der Waals surface area contributed by atoms with Gasteiger partial charge in [-0.15, -0.1) is 0 Å². The maximum absolute atomic E-state index is 12.9. The number of halogens is 1. The highest BCUT2D eigenvalue weighted by molar-refractivity contribution is 6.30. The molecule has 0 radical (unpaired) electrons. The number of rotatable bonds is 2. The van der Waals surface area contributed by atoms with Crippen LogP contribution in [-0.2, 0) is 9.53 Å². The van der Waals surface area contributed by atoms with Crippen LogP contribution in [0.2, 0.25) is 5.02 Å². The zero-order chi connectivity index (χ0) is 19.2. The second kappa shape index (κ2) is 6.70. The normalized spacial score (nSPS) is 18.9. The number of ether oxygens (including phenoxy) is 1. The Morgan fingerprint density at radius 2 is 1.74 bits per heavy atom. The summed E-state index contributed by atoms with van der Waals surface area (Å²) in [5.41, 5.74) is 4.48. The van der Waals surface area contributed by atoms with E-state index in [0.717, 1.165) is 27.8 Å². The topological polar surface area (TPSA) is 58.6 Å². The molecule has 2 aliphatic heterocycles. The first-order chi connectivity index (χ1) is 12.9. The van der Waals surface area contributed by atoms with Gasteiger partial charge in [0.1, 0.15) is 11.3 Å². The Morgan fingerprint density at radius 3 is 2.41 bits per heavy atom. The lowest BCUT2D eigenvalue weighted by molar-refractivity contribution is -0.117. The van der Waals surface area contributed by atoms with Gasteiger partial charge in [-0.2, -0.15) is 0 Å². The number of aliphatic hydroxyl groups is 1. The highest BCUT2D eigenvalue weighted by Crippen LogP contribution is 2.41. The fraction of sp³-hybridized carbons (Fsp3) is 0.318. The Kier molecular flexibility index (Phi) is 4.49. The molecule has 2 aromatic rings. The molecule has 2 N–H and O–H groups in total. The van der Waals surface area contributed by atoms with E-state index in [9.17, 15) is 9.90 Å². The summed E-state index contributed by atoms with van der Waals surface area (Å²) >= 11 is 6.02. The standard InChI is InChI=1S/C22H22ClNO3/c1-13-3-8-17(15-4-6-16(23)7-5-15)14(2)18(13)19-20(25)22(24-21(19)26)9-11-27-12-10-22/h3-8,25H,9-12H2,1-2H3,(H,24,26). The van der Waals surface area contributed by atoms with Crippen LogP contribution in [0.1, 0.15) is 29.5 Å². The summed E-state index contributed by atoms with van der Waals surface area (Å²) in [5.74, 6) is -0.0656. The van der Waals surface area contributed by atoms with Crippen LogP contribution in [0.25, 0.3) is 16.7 Å². The number of hydrogen-bond acceptors (Lipinski definition) is 3. The summed E-state index contributed by atoms with van der Waals surface area (Å²) in [7, 11) is 0. The summed E-state index contributed by atoms with van der Waals surface area (Å²) in [6.07, 6.45) is 1.17. The van der Waals surface area contributed by atoms with E-state index in [4.69, 9.17) is 16.3 Å². The number of carbonyl (C=O) groups excluding carboxylic acids is 1. The van der Waals surface area contributed by atoms with Gasteiger partial charge in [0.15, 0.2) is 0 Å². The summed E-state index contributed by atoms with van der Waals surface area (Å²) in [4.78, 5) is 12.9. The number of nitrogens with one attached hydrogen (secondary N) is 1. The van der Waals surface area contributed by atoms with Crippen molar-refractivity contribution in [3.8, 4) is 11.1 Å². The maximum atomic E-state index is 12.9. The summed E-state index contributed by atoms with van der Waals surface area (Å²) < 4.78 is 5.42. The molecular formula is C22H22ClNO3. The van der Waals surface area contributed by atoms with Crippen molar-refractivity contribution in [1.82, 2.24) is 5.32 Å². The zero-order valence-electron chi connectivity index (χ0n) is 15.4. The van der Waals surface area contributed by atoms with Gasteiger partial charge >= 0.3 is 0 Å². The first-order valence-corrected chi connectivity index (χ1v) is 9.51. The minimum absolute atomic E-state index is 0.148. The van der Waals surface area contributed by atoms with Crippen molar-refractivity contribution in [2.45, 2.75) is 32.2 Å². The minimum Gasteiger partial charge on any atom is -0.509 e. The molecule has 4 rings (SSSR count). The number of hydrogen-bond donors (Lipinski definition) is 2. The second-order valence-electron chi connectivity index (χ2n) is 7.31. The van der Waals surface area contributed by atoms with Gasteiger partial charge in [-0.3, -0.25) is 4.79 Å². The molecular weight excluding hydrogens is 362 g/mol. The van der Waals surface area contributed by atoms with Gasteiger partial charge in [0.05, 0.1) is 5.57 Å². The predicted molar refractivity (Wildman–Crippen MR) is 107 cm³/mol. The SMILES string of the molecule is Cc1ccc(-c2ccc(Cl)cc2)c(C)c1C1=C(O)C2(CCOCC2)NC1=O. The van der Waals surface area contributed by atoms with Crippen LogP contribution in [0.4, 0.5) is 0 Å². The molecule has 1 saturated heterocycles. The first-order valence-electron chi connectivity index (χ1n) is 9.13. The molecule has 1 amide bonds. The molecule has 0 bridgehead atoms. The van der Waals surface area contributed by atoms with E-state index in [1.54, 1.807) is 0 Å². The highest BCUT2D eigenvalue weighted by Gasteiger charge is 2.47. The summed E-state index contributed by atoms with van der Waals surface area (Å²) in [6.45, 7) is 5.02. The largest absolute Gasteiger partial charge is 0.509 e. The van der Waals surface area contributed by atoms with Crippen molar-refractivity contribution in [1.29, 1.82) is 0 Å². The first kappa shape index (κ1) is 18.1. The molecule has 27 heavy (non-hydrogen) atoms. The van der Waals surface area contributed by atoms with Crippen LogP contribution in [-0.4, -0.2) is 29.8 Å². The number of aliphatic hydroxyl groups excluding tert-OH is 1. The molecule has 1 fully saturated rings. The molecule has 0 aliphatic carbocycles. The van der Waals surface area contributed by atoms with E-state index in [-0.39, 0.29) is 11.7 Å². The van der Waals surface area contributed by atoms with Crippen molar-refractivity contribution in [3.05, 3.63) is 63.9 Å². The van der Waals surface area contributed by atoms with Gasteiger partial charge < -0.3 is 15.2 Å². The number of aryl methyl sites for hydroxylation is 1. The lowest BCUT2D eigenvalue weighted by Crippen LogP contribution is -2.48. The molecule has 0 aromatic heterocycles. The van der Waals surface area contributed by atoms with Gasteiger partial charge in [0.2, 0.25) is 0 Å². The van der Waals surface area contributed by atoms with Crippen molar-refractivity contribution in [3.63, 3.8) is 0 Å². The Labute approximate surface area is 163 Å². The average molecular weight is 384 g/mol. The minimum atomic E-state index is -0.695. The second-order valence-corrected chi connectivity index (χ2v) is 7.75. The zero-order valence-corrected chi connectivity index (χ0v) is 16.2. The maximum Gasteiger partial charge on any atom is 0.256 e. The molecule has 2 heterocycles. The van der Waals surface area contributed by atoms with E-state index in [0.29, 0.717) is 36.7 Å². The van der Waals surface area contributed by atoms with E-state index >= 15 is 0 Å². The predicted octanol–water partition coefficient (Wildman–Crippen LogP) is 4.57. The molecule has 0 unspecified atom stereocenters. The fourth-order valence-corrected chi connectivity index (χ4v) is 4.30. The van der Waals surface area contributed by atoms with Crippen LogP contribution in [0.3, 0.4) is 0 Å². The van der Waals surface area contributed by atoms with Crippen LogP contribution in [0, 0.1) is 13.8 Å². The lowest BCUT2D eigenvalue weighted by atomic mass is 9.85. The Bertz CT molecular complexity index is 941. The molecule has 0 saturated carbocycles. The van der Waals surface area contributed by atoms with Crippen molar-refractivity contribution in [2.75, 3.05) is 13.2 Å². The highest BCUT2D eigenvalue weighted by atomic mass is 35.5. The van der Waals surface area contributed by atoms with Gasteiger partial charge in [-0.1, -0.05) is 35.9 Å². The van der Waals surface area contributed by atoms with E-state index in [1.165, 1.54) is 0 Å². The van der Waals surface area contributed by atoms with E-state index in [1.807, 2.05) is 50.2 Å². The molecule has 5 heteroatoms. The van der Waals surface area contributed by atoms with Gasteiger partial charge in [-0.25, -0.2) is 0 Å². The van der Waals surface area contributed by atoms with Gasteiger partial charge in [-0.05, 0) is 53.8 Å². The lowest BCUT2D eigenvalue weighted by Gasteiger charge is -2.33. The number of benzene rings is 2. The Hall–Kier alpha value is -2.30. The molecule has 0 atom stereocenters. The van der Waals surface area contributed by atoms with Crippen molar-refractivity contribution < 1.29 is 14.6 Å². The smallest absolute Gasteiger partial charge is 0.256 e. The quantitative estimate of drug-likeness (QED) is 0.798. The Balaban J connectivity index is 1.87. The fourth-order valence-electron chi connectivity index (χ4n) is 4.17. The van der Waals surface area contributed by atoms with Gasteiger partial charge in [0.25, 0.3) is 5.91 Å². The van der Waals surface area contributed by atoms with Crippen molar-refractivity contribution >= 4 is 23.1 Å². The molecule has 2 aliphatic rings. The summed E-state index contributed by atoms with van der Waals surface area (Å²) in [5, 5.41) is 14.8. The summed E-state index contributed by atoms with van der Waals surface area (Å²) in [6, 6.07) is 11.7. The third-order valence-corrected chi connectivity index (χ3v) is 5.95.